The fraction of sp³-hybridized carbons (Fsp3) is 0.387. The number of ether oxygens (including phenoxy) is 8. The summed E-state index contributed by atoms with van der Waals surface area (Å²) in [5.41, 5.74) is -1.88. The van der Waals surface area contributed by atoms with E-state index in [2.05, 4.69) is 0 Å². The largest absolute Gasteiger partial charge is 0.491 e. The number of esters is 1. The minimum Gasteiger partial charge on any atom is -0.491 e. The van der Waals surface area contributed by atoms with Crippen LogP contribution in [0.25, 0.3) is 0 Å². The van der Waals surface area contributed by atoms with Gasteiger partial charge >= 0.3 is 12.1 Å². The highest BCUT2D eigenvalue weighted by molar-refractivity contribution is 5.91. The summed E-state index contributed by atoms with van der Waals surface area (Å²) in [6.07, 6.45) is -4.08. The number of alkyl halides is 3. The molecule has 3 aromatic carbocycles. The number of carbonyl (C=O) groups is 1. The molecular formula is C31H29F5O9. The molecule has 2 heterocycles. The molecule has 0 amide bonds. The van der Waals surface area contributed by atoms with E-state index in [4.69, 9.17) is 37.9 Å². The maximum atomic E-state index is 14.7. The lowest BCUT2D eigenvalue weighted by Crippen LogP contribution is -2.45. The quantitative estimate of drug-likeness (QED) is 0.0483. The molecule has 3 aromatic rings. The number of epoxide rings is 1. The van der Waals surface area contributed by atoms with E-state index in [1.54, 1.807) is 0 Å². The molecule has 0 spiro atoms. The Bertz CT molecular complexity index is 1480. The first-order valence-corrected chi connectivity index (χ1v) is 13.9. The second-order valence-corrected chi connectivity index (χ2v) is 10.4. The Balaban J connectivity index is 1.15. The molecule has 0 N–H and O–H groups in total. The summed E-state index contributed by atoms with van der Waals surface area (Å²) in [5.74, 6) is -4.20. The van der Waals surface area contributed by atoms with Gasteiger partial charge in [-0.1, -0.05) is 6.92 Å². The van der Waals surface area contributed by atoms with Crippen molar-refractivity contribution in [2.24, 2.45) is 5.41 Å². The Morgan fingerprint density at radius 1 is 0.867 bits per heavy atom. The van der Waals surface area contributed by atoms with Crippen LogP contribution in [0.3, 0.4) is 0 Å². The van der Waals surface area contributed by atoms with Gasteiger partial charge in [0.05, 0.1) is 32.0 Å². The van der Waals surface area contributed by atoms with Gasteiger partial charge < -0.3 is 37.9 Å². The van der Waals surface area contributed by atoms with E-state index >= 15 is 0 Å². The van der Waals surface area contributed by atoms with Crippen LogP contribution >= 0.6 is 0 Å². The molecule has 5 rings (SSSR count). The van der Waals surface area contributed by atoms with Crippen LogP contribution in [0.15, 0.2) is 54.6 Å². The van der Waals surface area contributed by atoms with Crippen molar-refractivity contribution in [3.05, 3.63) is 77.4 Å². The second kappa shape index (κ2) is 13.9. The normalized spacial score (nSPS) is 16.8. The summed E-state index contributed by atoms with van der Waals surface area (Å²) in [6.45, 7) is 3.52. The molecule has 0 bridgehead atoms. The molecule has 2 aliphatic heterocycles. The Morgan fingerprint density at radius 3 is 2.18 bits per heavy atom. The summed E-state index contributed by atoms with van der Waals surface area (Å²) in [7, 11) is 0. The molecule has 242 valence electrons. The summed E-state index contributed by atoms with van der Waals surface area (Å²) in [5, 5.41) is 0. The summed E-state index contributed by atoms with van der Waals surface area (Å²) in [6, 6.07) is 9.50. The molecule has 0 aliphatic carbocycles. The van der Waals surface area contributed by atoms with Gasteiger partial charge in [-0.25, -0.2) is 13.6 Å². The van der Waals surface area contributed by atoms with Crippen LogP contribution in [0, 0.1) is 17.0 Å². The zero-order valence-electron chi connectivity index (χ0n) is 24.0. The summed E-state index contributed by atoms with van der Waals surface area (Å²) >= 11 is 0. The van der Waals surface area contributed by atoms with Crippen molar-refractivity contribution >= 4 is 5.97 Å². The maximum Gasteiger partial charge on any atom is 0.420 e. The van der Waals surface area contributed by atoms with Crippen molar-refractivity contribution in [3.63, 3.8) is 0 Å². The van der Waals surface area contributed by atoms with Gasteiger partial charge in [0.25, 0.3) is 0 Å². The molecule has 2 saturated heterocycles. The Labute approximate surface area is 254 Å². The predicted molar refractivity (Wildman–Crippen MR) is 146 cm³/mol. The van der Waals surface area contributed by atoms with Crippen LogP contribution in [0.5, 0.6) is 28.7 Å². The average Bonchev–Trinajstić information content (AvgIpc) is 3.81. The third kappa shape index (κ3) is 8.53. The van der Waals surface area contributed by atoms with Crippen LogP contribution < -0.4 is 23.7 Å². The van der Waals surface area contributed by atoms with Gasteiger partial charge in [-0.3, -0.25) is 0 Å². The molecular weight excluding hydrogens is 611 g/mol. The van der Waals surface area contributed by atoms with Gasteiger partial charge in [0.1, 0.15) is 47.1 Å². The van der Waals surface area contributed by atoms with Crippen molar-refractivity contribution < 1.29 is 64.6 Å². The topological polar surface area (TPSA) is 94.2 Å². The molecule has 2 fully saturated rings. The van der Waals surface area contributed by atoms with E-state index in [0.717, 1.165) is 36.8 Å². The van der Waals surface area contributed by atoms with Gasteiger partial charge in [0.15, 0.2) is 18.4 Å². The number of hydrogen-bond donors (Lipinski definition) is 0. The number of rotatable bonds is 15. The number of carbonyl (C=O) groups excluding carboxylic acids is 1. The monoisotopic (exact) mass is 640 g/mol. The first-order chi connectivity index (χ1) is 21.5. The molecule has 1 atom stereocenters. The van der Waals surface area contributed by atoms with Gasteiger partial charge in [-0.05, 0) is 48.9 Å². The van der Waals surface area contributed by atoms with Gasteiger partial charge in [0.2, 0.25) is 6.79 Å². The van der Waals surface area contributed by atoms with Crippen LogP contribution in [-0.4, -0.2) is 58.7 Å². The predicted octanol–water partition coefficient (Wildman–Crippen LogP) is 6.18. The Kier molecular flexibility index (Phi) is 9.95. The highest BCUT2D eigenvalue weighted by atomic mass is 19.4. The maximum absolute atomic E-state index is 14.7. The zero-order valence-corrected chi connectivity index (χ0v) is 24.0. The minimum absolute atomic E-state index is 0.0275. The number of benzene rings is 3. The molecule has 0 aromatic heterocycles. The van der Waals surface area contributed by atoms with Crippen LogP contribution in [0.4, 0.5) is 22.0 Å². The summed E-state index contributed by atoms with van der Waals surface area (Å²) in [4.78, 5) is 12.6. The SMILES string of the molecule is CCC1(COCOc2ccc(C(=O)Oc3ccc(OCOc4ccc(OCC5CO5)cc4F)c(C(F)(F)F)c3)c(F)c2)COC1. The van der Waals surface area contributed by atoms with E-state index in [0.29, 0.717) is 32.5 Å². The van der Waals surface area contributed by atoms with Crippen molar-refractivity contribution in [1.29, 1.82) is 0 Å². The lowest BCUT2D eigenvalue weighted by atomic mass is 9.84. The molecule has 9 nitrogen and oxygen atoms in total. The third-order valence-corrected chi connectivity index (χ3v) is 7.08. The fourth-order valence-electron chi connectivity index (χ4n) is 4.18. The van der Waals surface area contributed by atoms with E-state index in [-0.39, 0.29) is 42.2 Å². The smallest absolute Gasteiger partial charge is 0.420 e. The summed E-state index contributed by atoms with van der Waals surface area (Å²) < 4.78 is 112. The van der Waals surface area contributed by atoms with E-state index < -0.39 is 53.2 Å². The van der Waals surface area contributed by atoms with Gasteiger partial charge in [-0.15, -0.1) is 0 Å². The Hall–Kier alpha value is -4.14. The molecule has 14 heteroatoms. The van der Waals surface area contributed by atoms with Crippen LogP contribution in [0.2, 0.25) is 0 Å². The fourth-order valence-corrected chi connectivity index (χ4v) is 4.18. The highest BCUT2D eigenvalue weighted by Gasteiger charge is 2.37. The van der Waals surface area contributed by atoms with Crippen molar-refractivity contribution in [1.82, 2.24) is 0 Å². The van der Waals surface area contributed by atoms with E-state index in [9.17, 15) is 26.7 Å². The standard InChI is InChI=1S/C31H29F5O9/c1-2-30(14-38-15-30)16-39-17-42-20-3-6-23(25(32)10-20)29(37)45-21-5-7-27(24(9-21)31(34,35)36)43-18-44-28-8-4-19(11-26(28)33)40-12-22-13-41-22/h3-11,22H,2,12-18H2,1H3. The lowest BCUT2D eigenvalue weighted by Gasteiger charge is -2.40. The average molecular weight is 641 g/mol. The number of hydrogen-bond acceptors (Lipinski definition) is 9. The first kappa shape index (κ1) is 32.3. The minimum atomic E-state index is -4.93. The van der Waals surface area contributed by atoms with Gasteiger partial charge in [0, 0.05) is 17.5 Å². The van der Waals surface area contributed by atoms with Crippen LogP contribution in [-0.2, 0) is 20.4 Å². The van der Waals surface area contributed by atoms with E-state index in [1.165, 1.54) is 18.2 Å². The van der Waals surface area contributed by atoms with E-state index in [1.807, 2.05) is 6.92 Å². The number of halogens is 5. The van der Waals surface area contributed by atoms with Crippen molar-refractivity contribution in [2.45, 2.75) is 25.6 Å². The molecule has 2 aliphatic rings. The zero-order chi connectivity index (χ0) is 32.0. The third-order valence-electron chi connectivity index (χ3n) is 7.08. The second-order valence-electron chi connectivity index (χ2n) is 10.4. The molecule has 0 radical (unpaired) electrons. The Morgan fingerprint density at radius 2 is 1.53 bits per heavy atom. The first-order valence-electron chi connectivity index (χ1n) is 13.9. The van der Waals surface area contributed by atoms with Crippen LogP contribution in [0.1, 0.15) is 29.3 Å². The van der Waals surface area contributed by atoms with Crippen molar-refractivity contribution in [2.75, 3.05) is 46.6 Å². The molecule has 1 unspecified atom stereocenters. The highest BCUT2D eigenvalue weighted by Crippen LogP contribution is 2.39. The lowest BCUT2D eigenvalue weighted by molar-refractivity contribution is -0.162. The van der Waals surface area contributed by atoms with Gasteiger partial charge in [-0.2, -0.15) is 13.2 Å². The van der Waals surface area contributed by atoms with Crippen molar-refractivity contribution in [3.8, 4) is 28.7 Å². The molecule has 45 heavy (non-hydrogen) atoms. The molecule has 0 saturated carbocycles.